The predicted octanol–water partition coefficient (Wildman–Crippen LogP) is 1.48. The Hall–Kier alpha value is -1.23. The molecule has 120 valence electrons. The van der Waals surface area contributed by atoms with Gasteiger partial charge in [-0.1, -0.05) is 18.3 Å². The van der Waals surface area contributed by atoms with Crippen LogP contribution in [0.15, 0.2) is 10.3 Å². The Labute approximate surface area is 127 Å². The highest BCUT2D eigenvalue weighted by Gasteiger charge is 2.31. The number of thiophene rings is 1. The van der Waals surface area contributed by atoms with E-state index in [-0.39, 0.29) is 21.5 Å². The maximum Gasteiger partial charge on any atom is 0.304 e. The van der Waals surface area contributed by atoms with Gasteiger partial charge in [-0.15, -0.1) is 0 Å². The molecule has 1 rings (SSSR count). The molecule has 0 aliphatic heterocycles. The summed E-state index contributed by atoms with van der Waals surface area (Å²) in [6, 6.07) is 0.446. The summed E-state index contributed by atoms with van der Waals surface area (Å²) in [6.45, 7) is 3.64. The van der Waals surface area contributed by atoms with Crippen molar-refractivity contribution in [2.24, 2.45) is 0 Å². The molecule has 10 heteroatoms. The zero-order valence-electron chi connectivity index (χ0n) is 12.1. The number of aliphatic hydroxyl groups is 1. The first-order chi connectivity index (χ1) is 9.75. The standard InChI is InChI=1S/C11H19N3O5S2/c1-4-5-12-11-9(14(16)17)6-10(20-11)21(18,19)13(3)8(2)7-15/h6,8,12,15H,4-5,7H2,1-3H3. The van der Waals surface area contributed by atoms with Gasteiger partial charge in [0, 0.05) is 25.7 Å². The smallest absolute Gasteiger partial charge is 0.304 e. The van der Waals surface area contributed by atoms with Crippen LogP contribution in [0.4, 0.5) is 10.7 Å². The molecular formula is C11H19N3O5S2. The Balaban J connectivity index is 3.21. The molecule has 1 heterocycles. The van der Waals surface area contributed by atoms with E-state index in [1.54, 1.807) is 6.92 Å². The number of anilines is 1. The van der Waals surface area contributed by atoms with Gasteiger partial charge in [0.05, 0.1) is 11.5 Å². The highest BCUT2D eigenvalue weighted by molar-refractivity contribution is 7.91. The molecular weight excluding hydrogens is 318 g/mol. The van der Waals surface area contributed by atoms with Crippen molar-refractivity contribution in [3.05, 3.63) is 16.2 Å². The van der Waals surface area contributed by atoms with Gasteiger partial charge in [0.15, 0.2) is 5.00 Å². The molecule has 1 aromatic heterocycles. The fourth-order valence-electron chi connectivity index (χ4n) is 1.48. The van der Waals surface area contributed by atoms with Gasteiger partial charge < -0.3 is 10.4 Å². The third-order valence-corrected chi connectivity index (χ3v) is 6.44. The molecule has 0 bridgehead atoms. The average Bonchev–Trinajstić information content (AvgIpc) is 2.88. The SMILES string of the molecule is CCCNc1sc(S(=O)(=O)N(C)C(C)CO)cc1[N+](=O)[O-]. The fourth-order valence-corrected chi connectivity index (χ4v) is 4.37. The molecule has 1 unspecified atom stereocenters. The monoisotopic (exact) mass is 337 g/mol. The van der Waals surface area contributed by atoms with Crippen molar-refractivity contribution in [2.45, 2.75) is 30.5 Å². The van der Waals surface area contributed by atoms with Gasteiger partial charge in [0.2, 0.25) is 0 Å². The van der Waals surface area contributed by atoms with E-state index in [4.69, 9.17) is 5.11 Å². The molecule has 0 fully saturated rings. The maximum atomic E-state index is 12.4. The van der Waals surface area contributed by atoms with Crippen LogP contribution in [0, 0.1) is 10.1 Å². The third kappa shape index (κ3) is 3.90. The number of likely N-dealkylation sites (N-methyl/N-ethyl adjacent to an activating group) is 1. The second-order valence-electron chi connectivity index (χ2n) is 4.52. The van der Waals surface area contributed by atoms with Crippen LogP contribution in [0.25, 0.3) is 0 Å². The second-order valence-corrected chi connectivity index (χ2v) is 7.79. The lowest BCUT2D eigenvalue weighted by atomic mass is 10.4. The molecule has 0 amide bonds. The normalized spacial score (nSPS) is 13.4. The van der Waals surface area contributed by atoms with E-state index < -0.39 is 21.0 Å². The Morgan fingerprint density at radius 3 is 2.67 bits per heavy atom. The maximum absolute atomic E-state index is 12.4. The molecule has 2 N–H and O–H groups in total. The van der Waals surface area contributed by atoms with Crippen LogP contribution in [0.5, 0.6) is 0 Å². The molecule has 0 saturated heterocycles. The predicted molar refractivity (Wildman–Crippen MR) is 81.3 cm³/mol. The van der Waals surface area contributed by atoms with Crippen molar-refractivity contribution in [1.29, 1.82) is 0 Å². The van der Waals surface area contributed by atoms with E-state index >= 15 is 0 Å². The molecule has 0 spiro atoms. The van der Waals surface area contributed by atoms with E-state index in [1.807, 2.05) is 6.92 Å². The highest BCUT2D eigenvalue weighted by Crippen LogP contribution is 2.38. The van der Waals surface area contributed by atoms with Gasteiger partial charge in [-0.2, -0.15) is 4.31 Å². The summed E-state index contributed by atoms with van der Waals surface area (Å²) in [7, 11) is -2.53. The van der Waals surface area contributed by atoms with Crippen LogP contribution in [-0.2, 0) is 10.0 Å². The summed E-state index contributed by atoms with van der Waals surface area (Å²) < 4.78 is 25.6. The number of sulfonamides is 1. The van der Waals surface area contributed by atoms with Crippen molar-refractivity contribution < 1.29 is 18.4 Å². The second kappa shape index (κ2) is 7.16. The Bertz CT molecular complexity index is 599. The van der Waals surface area contributed by atoms with Crippen LogP contribution in [0.3, 0.4) is 0 Å². The number of nitrogens with one attached hydrogen (secondary N) is 1. The van der Waals surface area contributed by atoms with E-state index in [0.717, 1.165) is 28.1 Å². The van der Waals surface area contributed by atoms with Crippen molar-refractivity contribution in [1.82, 2.24) is 4.31 Å². The van der Waals surface area contributed by atoms with Crippen molar-refractivity contribution in [3.8, 4) is 0 Å². The minimum absolute atomic E-state index is 0.115. The van der Waals surface area contributed by atoms with Crippen LogP contribution in [0.1, 0.15) is 20.3 Å². The first-order valence-electron chi connectivity index (χ1n) is 6.36. The average molecular weight is 337 g/mol. The zero-order chi connectivity index (χ0) is 16.2. The first-order valence-corrected chi connectivity index (χ1v) is 8.62. The van der Waals surface area contributed by atoms with E-state index in [0.29, 0.717) is 6.54 Å². The molecule has 8 nitrogen and oxygen atoms in total. The summed E-state index contributed by atoms with van der Waals surface area (Å²) in [5, 5.41) is 23.2. The Morgan fingerprint density at radius 1 is 1.57 bits per heavy atom. The number of nitrogens with zero attached hydrogens (tertiary/aromatic N) is 2. The number of nitro groups is 1. The van der Waals surface area contributed by atoms with Crippen LogP contribution in [-0.4, -0.2) is 49.0 Å². The number of hydrogen-bond donors (Lipinski definition) is 2. The van der Waals surface area contributed by atoms with E-state index in [1.165, 1.54) is 7.05 Å². The molecule has 0 radical (unpaired) electrons. The van der Waals surface area contributed by atoms with Crippen LogP contribution in [0.2, 0.25) is 0 Å². The first kappa shape index (κ1) is 17.8. The Morgan fingerprint density at radius 2 is 2.19 bits per heavy atom. The molecule has 0 aliphatic rings. The van der Waals surface area contributed by atoms with Gasteiger partial charge in [0.1, 0.15) is 4.21 Å². The third-order valence-electron chi connectivity index (χ3n) is 2.94. The van der Waals surface area contributed by atoms with Crippen molar-refractivity contribution in [2.75, 3.05) is 25.5 Å². The highest BCUT2D eigenvalue weighted by atomic mass is 32.2. The molecule has 21 heavy (non-hydrogen) atoms. The zero-order valence-corrected chi connectivity index (χ0v) is 13.7. The summed E-state index contributed by atoms with van der Waals surface area (Å²) >= 11 is 0.827. The lowest BCUT2D eigenvalue weighted by Gasteiger charge is -2.21. The Kier molecular flexibility index (Phi) is 6.08. The molecule has 0 aromatic carbocycles. The molecule has 1 atom stereocenters. The van der Waals surface area contributed by atoms with Gasteiger partial charge >= 0.3 is 5.69 Å². The molecule has 0 aliphatic carbocycles. The van der Waals surface area contributed by atoms with Gasteiger partial charge in [-0.3, -0.25) is 10.1 Å². The summed E-state index contributed by atoms with van der Waals surface area (Å²) in [4.78, 5) is 10.4. The van der Waals surface area contributed by atoms with E-state index in [9.17, 15) is 18.5 Å². The minimum atomic E-state index is -3.86. The molecule has 1 aromatic rings. The molecule has 0 saturated carbocycles. The van der Waals surface area contributed by atoms with Crippen LogP contribution >= 0.6 is 11.3 Å². The lowest BCUT2D eigenvalue weighted by molar-refractivity contribution is -0.383. The number of hydrogen-bond acceptors (Lipinski definition) is 7. The van der Waals surface area contributed by atoms with Crippen molar-refractivity contribution >= 4 is 32.0 Å². The van der Waals surface area contributed by atoms with Gasteiger partial charge in [-0.05, 0) is 13.3 Å². The number of aliphatic hydroxyl groups excluding tert-OH is 1. The van der Waals surface area contributed by atoms with E-state index in [2.05, 4.69) is 5.32 Å². The number of rotatable bonds is 8. The fraction of sp³-hybridized carbons (Fsp3) is 0.636. The lowest BCUT2D eigenvalue weighted by Crippen LogP contribution is -2.36. The quantitative estimate of drug-likeness (QED) is 0.549. The van der Waals surface area contributed by atoms with Gasteiger partial charge in [-0.25, -0.2) is 8.42 Å². The summed E-state index contributed by atoms with van der Waals surface area (Å²) in [5.41, 5.74) is -0.253. The summed E-state index contributed by atoms with van der Waals surface area (Å²) in [6.07, 6.45) is 0.762. The summed E-state index contributed by atoms with van der Waals surface area (Å²) in [5.74, 6) is 0. The minimum Gasteiger partial charge on any atom is -0.395 e. The van der Waals surface area contributed by atoms with Gasteiger partial charge in [0.25, 0.3) is 10.0 Å². The van der Waals surface area contributed by atoms with Crippen LogP contribution < -0.4 is 5.32 Å². The topological polar surface area (TPSA) is 113 Å². The largest absolute Gasteiger partial charge is 0.395 e. The van der Waals surface area contributed by atoms with Crippen molar-refractivity contribution in [3.63, 3.8) is 0 Å².